The molecule has 1 saturated carbocycles. The van der Waals surface area contributed by atoms with E-state index in [0.29, 0.717) is 6.54 Å². The van der Waals surface area contributed by atoms with Gasteiger partial charge in [-0.1, -0.05) is 31.4 Å². The Hall–Kier alpha value is -1.13. The molecule has 5 heteroatoms. The van der Waals surface area contributed by atoms with Gasteiger partial charge in [0.1, 0.15) is 5.82 Å². The summed E-state index contributed by atoms with van der Waals surface area (Å²) in [6, 6.07) is 6.86. The van der Waals surface area contributed by atoms with Gasteiger partial charge in [0, 0.05) is 18.5 Å². The fourth-order valence-corrected chi connectivity index (χ4v) is 3.97. The summed E-state index contributed by atoms with van der Waals surface area (Å²) in [5.74, 6) is 0.182. The van der Waals surface area contributed by atoms with E-state index in [9.17, 15) is 9.18 Å². The Kier molecular flexibility index (Phi) is 5.69. The van der Waals surface area contributed by atoms with Crippen LogP contribution in [0.1, 0.15) is 56.9 Å². The molecule has 2 fully saturated rings. The molecule has 2 N–H and O–H groups in total. The van der Waals surface area contributed by atoms with E-state index in [1.165, 1.54) is 18.6 Å². The van der Waals surface area contributed by atoms with Gasteiger partial charge in [0.05, 0.1) is 5.54 Å². The van der Waals surface area contributed by atoms with Gasteiger partial charge in [-0.15, -0.1) is 12.4 Å². The minimum atomic E-state index is -0.663. The number of likely N-dealkylation sites (tertiary alicyclic amines) is 1. The highest BCUT2D eigenvalue weighted by Gasteiger charge is 2.43. The van der Waals surface area contributed by atoms with E-state index < -0.39 is 5.54 Å². The van der Waals surface area contributed by atoms with Crippen LogP contribution in [0.3, 0.4) is 0 Å². The molecular formula is C18H26ClFN2O. The predicted octanol–water partition coefficient (Wildman–Crippen LogP) is 3.61. The Bertz CT molecular complexity index is 542. The first-order valence-electron chi connectivity index (χ1n) is 8.35. The average molecular weight is 341 g/mol. The van der Waals surface area contributed by atoms with Crippen LogP contribution in [0.15, 0.2) is 24.3 Å². The summed E-state index contributed by atoms with van der Waals surface area (Å²) in [5.41, 5.74) is 6.85. The molecule has 1 aromatic rings. The van der Waals surface area contributed by atoms with Crippen LogP contribution in [0.5, 0.6) is 0 Å². The Morgan fingerprint density at radius 1 is 1.22 bits per heavy atom. The highest BCUT2D eigenvalue weighted by molar-refractivity contribution is 5.87. The maximum absolute atomic E-state index is 13.1. The third-order valence-electron chi connectivity index (χ3n) is 5.35. The topological polar surface area (TPSA) is 46.3 Å². The van der Waals surface area contributed by atoms with Crippen LogP contribution in [-0.4, -0.2) is 28.9 Å². The molecule has 0 bridgehead atoms. The molecule has 128 valence electrons. The van der Waals surface area contributed by atoms with Crippen LogP contribution < -0.4 is 5.73 Å². The normalized spacial score (nSPS) is 26.7. The second-order valence-corrected chi connectivity index (χ2v) is 7.01. The lowest BCUT2D eigenvalue weighted by Gasteiger charge is -2.37. The fourth-order valence-electron chi connectivity index (χ4n) is 3.97. The zero-order chi connectivity index (χ0) is 15.7. The van der Waals surface area contributed by atoms with Crippen molar-refractivity contribution in [3.63, 3.8) is 0 Å². The van der Waals surface area contributed by atoms with Crippen molar-refractivity contribution in [1.29, 1.82) is 0 Å². The molecular weight excluding hydrogens is 315 g/mol. The van der Waals surface area contributed by atoms with E-state index in [4.69, 9.17) is 5.73 Å². The van der Waals surface area contributed by atoms with E-state index in [1.807, 2.05) is 17.0 Å². The summed E-state index contributed by atoms with van der Waals surface area (Å²) in [4.78, 5) is 14.9. The van der Waals surface area contributed by atoms with Gasteiger partial charge in [-0.25, -0.2) is 4.39 Å². The van der Waals surface area contributed by atoms with Crippen molar-refractivity contribution in [2.75, 3.05) is 6.54 Å². The number of carbonyl (C=O) groups is 1. The zero-order valence-corrected chi connectivity index (χ0v) is 14.4. The molecule has 1 saturated heterocycles. The van der Waals surface area contributed by atoms with Gasteiger partial charge in [0.2, 0.25) is 5.91 Å². The SMILES string of the molecule is CC1CC(c2ccc(F)cc2)CN1C(=O)C1(N)CCCCC1.Cl. The molecule has 3 nitrogen and oxygen atoms in total. The number of nitrogens with two attached hydrogens (primary N) is 1. The van der Waals surface area contributed by atoms with E-state index >= 15 is 0 Å². The van der Waals surface area contributed by atoms with Crippen molar-refractivity contribution >= 4 is 18.3 Å². The lowest BCUT2D eigenvalue weighted by Crippen LogP contribution is -2.57. The summed E-state index contributed by atoms with van der Waals surface area (Å²) in [5, 5.41) is 0. The Labute approximate surface area is 143 Å². The van der Waals surface area contributed by atoms with Gasteiger partial charge < -0.3 is 10.6 Å². The molecule has 2 unspecified atom stereocenters. The van der Waals surface area contributed by atoms with Crippen molar-refractivity contribution in [3.8, 4) is 0 Å². The number of hydrogen-bond donors (Lipinski definition) is 1. The van der Waals surface area contributed by atoms with Gasteiger partial charge in [0.25, 0.3) is 0 Å². The zero-order valence-electron chi connectivity index (χ0n) is 13.6. The number of rotatable bonds is 2. The van der Waals surface area contributed by atoms with Crippen molar-refractivity contribution in [2.24, 2.45) is 5.73 Å². The van der Waals surface area contributed by atoms with E-state index in [2.05, 4.69) is 6.92 Å². The maximum atomic E-state index is 13.1. The molecule has 1 heterocycles. The minimum Gasteiger partial charge on any atom is -0.338 e. The quantitative estimate of drug-likeness (QED) is 0.893. The first-order valence-corrected chi connectivity index (χ1v) is 8.35. The molecule has 1 aliphatic heterocycles. The Morgan fingerprint density at radius 3 is 2.43 bits per heavy atom. The summed E-state index contributed by atoms with van der Waals surface area (Å²) < 4.78 is 13.1. The summed E-state index contributed by atoms with van der Waals surface area (Å²) >= 11 is 0. The van der Waals surface area contributed by atoms with Crippen molar-refractivity contribution in [2.45, 2.75) is 62.9 Å². The number of carbonyl (C=O) groups excluding carboxylic acids is 1. The van der Waals surface area contributed by atoms with Crippen LogP contribution in [0.25, 0.3) is 0 Å². The fraction of sp³-hybridized carbons (Fsp3) is 0.611. The average Bonchev–Trinajstić information content (AvgIpc) is 2.90. The number of amides is 1. The molecule has 2 atom stereocenters. The Morgan fingerprint density at radius 2 is 1.83 bits per heavy atom. The minimum absolute atomic E-state index is 0. The van der Waals surface area contributed by atoms with Gasteiger partial charge >= 0.3 is 0 Å². The van der Waals surface area contributed by atoms with Crippen LogP contribution in [0.4, 0.5) is 4.39 Å². The third-order valence-corrected chi connectivity index (χ3v) is 5.35. The second kappa shape index (κ2) is 7.18. The number of benzene rings is 1. The first-order chi connectivity index (χ1) is 10.5. The standard InChI is InChI=1S/C18H25FN2O.ClH/c1-13-11-15(14-5-7-16(19)8-6-14)12-21(13)17(22)18(20)9-3-2-4-10-18;/h5-8,13,15H,2-4,9-12,20H2,1H3;1H. The predicted molar refractivity (Wildman–Crippen MR) is 92.2 cm³/mol. The molecule has 0 aromatic heterocycles. The molecule has 1 aliphatic carbocycles. The molecule has 1 amide bonds. The second-order valence-electron chi connectivity index (χ2n) is 7.01. The summed E-state index contributed by atoms with van der Waals surface area (Å²) in [6.45, 7) is 2.79. The van der Waals surface area contributed by atoms with E-state index in [1.54, 1.807) is 0 Å². The monoisotopic (exact) mass is 340 g/mol. The van der Waals surface area contributed by atoms with Gasteiger partial charge in [-0.3, -0.25) is 4.79 Å². The third kappa shape index (κ3) is 3.69. The van der Waals surface area contributed by atoms with Crippen molar-refractivity contribution in [1.82, 2.24) is 4.90 Å². The van der Waals surface area contributed by atoms with Gasteiger partial charge in [0.15, 0.2) is 0 Å². The highest BCUT2D eigenvalue weighted by atomic mass is 35.5. The number of nitrogens with zero attached hydrogens (tertiary/aromatic N) is 1. The lowest BCUT2D eigenvalue weighted by atomic mass is 9.81. The molecule has 0 radical (unpaired) electrons. The van der Waals surface area contributed by atoms with Gasteiger partial charge in [-0.05, 0) is 43.9 Å². The van der Waals surface area contributed by atoms with Crippen LogP contribution in [-0.2, 0) is 4.79 Å². The molecule has 1 aromatic carbocycles. The van der Waals surface area contributed by atoms with Crippen LogP contribution in [0, 0.1) is 5.82 Å². The molecule has 2 aliphatic rings. The number of hydrogen-bond acceptors (Lipinski definition) is 2. The van der Waals surface area contributed by atoms with Crippen LogP contribution >= 0.6 is 12.4 Å². The highest BCUT2D eigenvalue weighted by Crippen LogP contribution is 2.35. The lowest BCUT2D eigenvalue weighted by molar-refractivity contribution is -0.138. The smallest absolute Gasteiger partial charge is 0.242 e. The first kappa shape index (κ1) is 18.2. The maximum Gasteiger partial charge on any atom is 0.242 e. The van der Waals surface area contributed by atoms with Gasteiger partial charge in [-0.2, -0.15) is 0 Å². The molecule has 3 rings (SSSR count). The van der Waals surface area contributed by atoms with Crippen molar-refractivity contribution < 1.29 is 9.18 Å². The van der Waals surface area contributed by atoms with Crippen LogP contribution in [0.2, 0.25) is 0 Å². The summed E-state index contributed by atoms with van der Waals surface area (Å²) in [6.07, 6.45) is 5.80. The van der Waals surface area contributed by atoms with Crippen molar-refractivity contribution in [3.05, 3.63) is 35.6 Å². The van der Waals surface area contributed by atoms with E-state index in [0.717, 1.165) is 37.7 Å². The van der Waals surface area contributed by atoms with E-state index in [-0.39, 0.29) is 36.1 Å². The summed E-state index contributed by atoms with van der Waals surface area (Å²) in [7, 11) is 0. The molecule has 23 heavy (non-hydrogen) atoms. The number of halogens is 2. The molecule has 0 spiro atoms. The Balaban J connectivity index is 0.00000192. The largest absolute Gasteiger partial charge is 0.338 e.